The lowest BCUT2D eigenvalue weighted by atomic mass is 10.1. The third kappa shape index (κ3) is 3.98. The van der Waals surface area contributed by atoms with E-state index in [1.807, 2.05) is 0 Å². The van der Waals surface area contributed by atoms with E-state index in [0.717, 1.165) is 26.2 Å². The second-order valence-electron chi connectivity index (χ2n) is 4.90. The average Bonchev–Trinajstić information content (AvgIpc) is 2.42. The standard InChI is InChI=1S/C14H21FN2O2/c15-13-4-2-1-3-12(13)14(19)11-17-7-5-16(6-8-17)9-10-18/h1-4,14,18-19H,5-11H2. The molecule has 0 amide bonds. The van der Waals surface area contributed by atoms with Crippen LogP contribution in [0.25, 0.3) is 0 Å². The molecular formula is C14H21FN2O2. The fraction of sp³-hybridized carbons (Fsp3) is 0.571. The van der Waals surface area contributed by atoms with Gasteiger partial charge in [-0.05, 0) is 6.07 Å². The van der Waals surface area contributed by atoms with E-state index in [2.05, 4.69) is 9.80 Å². The lowest BCUT2D eigenvalue weighted by Crippen LogP contribution is -2.48. The first-order valence-electron chi connectivity index (χ1n) is 6.69. The summed E-state index contributed by atoms with van der Waals surface area (Å²) in [5.74, 6) is -0.353. The molecular weight excluding hydrogens is 247 g/mol. The van der Waals surface area contributed by atoms with Crippen LogP contribution >= 0.6 is 0 Å². The highest BCUT2D eigenvalue weighted by molar-refractivity contribution is 5.20. The molecule has 1 aromatic rings. The van der Waals surface area contributed by atoms with Crippen molar-refractivity contribution in [3.63, 3.8) is 0 Å². The maximum atomic E-state index is 13.5. The van der Waals surface area contributed by atoms with Gasteiger partial charge in [-0.2, -0.15) is 0 Å². The lowest BCUT2D eigenvalue weighted by Gasteiger charge is -2.35. The molecule has 5 heteroatoms. The molecule has 0 spiro atoms. The minimum atomic E-state index is -0.786. The second kappa shape index (κ2) is 6.96. The average molecular weight is 268 g/mol. The number of hydrogen-bond acceptors (Lipinski definition) is 4. The molecule has 1 saturated heterocycles. The number of benzene rings is 1. The molecule has 1 aliphatic heterocycles. The summed E-state index contributed by atoms with van der Waals surface area (Å²) in [5, 5.41) is 19.0. The van der Waals surface area contributed by atoms with Gasteiger partial charge in [0.2, 0.25) is 0 Å². The first-order valence-corrected chi connectivity index (χ1v) is 6.69. The Labute approximate surface area is 113 Å². The van der Waals surface area contributed by atoms with Crippen molar-refractivity contribution in [2.75, 3.05) is 45.9 Å². The molecule has 2 N–H and O–H groups in total. The molecule has 1 atom stereocenters. The minimum absolute atomic E-state index is 0.178. The van der Waals surface area contributed by atoms with Crippen molar-refractivity contribution in [1.29, 1.82) is 0 Å². The molecule has 1 aliphatic rings. The summed E-state index contributed by atoms with van der Waals surface area (Å²) in [4.78, 5) is 4.32. The second-order valence-corrected chi connectivity index (χ2v) is 4.90. The summed E-state index contributed by atoms with van der Waals surface area (Å²) in [6.45, 7) is 4.77. The van der Waals surface area contributed by atoms with Gasteiger partial charge in [-0.25, -0.2) is 4.39 Å². The van der Waals surface area contributed by atoms with Crippen LogP contribution in [-0.2, 0) is 0 Å². The van der Waals surface area contributed by atoms with Gasteiger partial charge in [-0.1, -0.05) is 18.2 Å². The van der Waals surface area contributed by atoms with E-state index in [9.17, 15) is 9.50 Å². The highest BCUT2D eigenvalue weighted by Gasteiger charge is 2.20. The van der Waals surface area contributed by atoms with E-state index in [1.165, 1.54) is 6.07 Å². The number of nitrogens with zero attached hydrogens (tertiary/aromatic N) is 2. The summed E-state index contributed by atoms with van der Waals surface area (Å²) >= 11 is 0. The number of aliphatic hydroxyl groups is 2. The predicted molar refractivity (Wildman–Crippen MR) is 71.3 cm³/mol. The molecule has 1 unspecified atom stereocenters. The van der Waals surface area contributed by atoms with Gasteiger partial charge >= 0.3 is 0 Å². The molecule has 4 nitrogen and oxygen atoms in total. The van der Waals surface area contributed by atoms with Crippen LogP contribution in [0.15, 0.2) is 24.3 Å². The normalized spacial score (nSPS) is 19.5. The summed E-state index contributed by atoms with van der Waals surface area (Å²) in [6, 6.07) is 6.36. The van der Waals surface area contributed by atoms with E-state index < -0.39 is 6.10 Å². The zero-order chi connectivity index (χ0) is 13.7. The largest absolute Gasteiger partial charge is 0.395 e. The third-order valence-corrected chi connectivity index (χ3v) is 3.58. The van der Waals surface area contributed by atoms with Crippen LogP contribution in [0.5, 0.6) is 0 Å². The highest BCUT2D eigenvalue weighted by atomic mass is 19.1. The number of hydrogen-bond donors (Lipinski definition) is 2. The number of rotatable bonds is 5. The fourth-order valence-electron chi connectivity index (χ4n) is 2.43. The molecule has 0 radical (unpaired) electrons. The Morgan fingerprint density at radius 2 is 1.74 bits per heavy atom. The monoisotopic (exact) mass is 268 g/mol. The SMILES string of the molecule is OCCN1CCN(CC(O)c2ccccc2F)CC1. The Kier molecular flexibility index (Phi) is 5.27. The number of β-amino-alcohol motifs (C(OH)–C–C–N with tert-alkyl or cyclic N) is 2. The van der Waals surface area contributed by atoms with Crippen molar-refractivity contribution in [3.05, 3.63) is 35.6 Å². The number of halogens is 1. The Bertz CT molecular complexity index is 395. The van der Waals surface area contributed by atoms with Crippen LogP contribution in [-0.4, -0.2) is 65.9 Å². The van der Waals surface area contributed by atoms with Gasteiger partial charge in [-0.3, -0.25) is 9.80 Å². The number of piperazine rings is 1. The summed E-state index contributed by atoms with van der Waals surface area (Å²) < 4.78 is 13.5. The molecule has 0 saturated carbocycles. The van der Waals surface area contributed by atoms with Crippen molar-refractivity contribution < 1.29 is 14.6 Å². The highest BCUT2D eigenvalue weighted by Crippen LogP contribution is 2.18. The Morgan fingerprint density at radius 1 is 1.11 bits per heavy atom. The predicted octanol–water partition coefficient (Wildman–Crippen LogP) is 0.469. The smallest absolute Gasteiger partial charge is 0.129 e. The zero-order valence-corrected chi connectivity index (χ0v) is 11.0. The summed E-state index contributed by atoms with van der Waals surface area (Å²) in [7, 11) is 0. The van der Waals surface area contributed by atoms with E-state index in [1.54, 1.807) is 18.2 Å². The Hall–Kier alpha value is -1.01. The van der Waals surface area contributed by atoms with Crippen molar-refractivity contribution in [1.82, 2.24) is 9.80 Å². The summed E-state index contributed by atoms with van der Waals surface area (Å²) in [5.41, 5.74) is 0.361. The number of aliphatic hydroxyl groups excluding tert-OH is 2. The van der Waals surface area contributed by atoms with Crippen molar-refractivity contribution in [3.8, 4) is 0 Å². The lowest BCUT2D eigenvalue weighted by molar-refractivity contribution is 0.0647. The third-order valence-electron chi connectivity index (χ3n) is 3.58. The van der Waals surface area contributed by atoms with Gasteiger partial charge in [0.25, 0.3) is 0 Å². The van der Waals surface area contributed by atoms with Gasteiger partial charge in [0.05, 0.1) is 12.7 Å². The van der Waals surface area contributed by atoms with E-state index in [-0.39, 0.29) is 12.4 Å². The first-order chi connectivity index (χ1) is 9.20. The molecule has 19 heavy (non-hydrogen) atoms. The Balaban J connectivity index is 1.84. The van der Waals surface area contributed by atoms with Gasteiger partial charge in [0.1, 0.15) is 5.82 Å². The van der Waals surface area contributed by atoms with Crippen molar-refractivity contribution >= 4 is 0 Å². The fourth-order valence-corrected chi connectivity index (χ4v) is 2.43. The van der Waals surface area contributed by atoms with Crippen LogP contribution in [0.4, 0.5) is 4.39 Å². The van der Waals surface area contributed by atoms with E-state index >= 15 is 0 Å². The van der Waals surface area contributed by atoms with Crippen LogP contribution in [0.2, 0.25) is 0 Å². The maximum Gasteiger partial charge on any atom is 0.129 e. The summed E-state index contributed by atoms with van der Waals surface area (Å²) in [6.07, 6.45) is -0.786. The van der Waals surface area contributed by atoms with Crippen molar-refractivity contribution in [2.24, 2.45) is 0 Å². The molecule has 106 valence electrons. The molecule has 1 fully saturated rings. The molecule has 1 aromatic carbocycles. The van der Waals surface area contributed by atoms with Crippen LogP contribution in [0.1, 0.15) is 11.7 Å². The van der Waals surface area contributed by atoms with Gasteiger partial charge in [0, 0.05) is 44.8 Å². The molecule has 0 aliphatic carbocycles. The first kappa shape index (κ1) is 14.4. The minimum Gasteiger partial charge on any atom is -0.395 e. The Morgan fingerprint density at radius 3 is 2.37 bits per heavy atom. The van der Waals surface area contributed by atoms with Gasteiger partial charge in [0.15, 0.2) is 0 Å². The van der Waals surface area contributed by atoms with Crippen molar-refractivity contribution in [2.45, 2.75) is 6.10 Å². The quantitative estimate of drug-likeness (QED) is 0.815. The van der Waals surface area contributed by atoms with Gasteiger partial charge in [-0.15, -0.1) is 0 Å². The van der Waals surface area contributed by atoms with Crippen LogP contribution in [0.3, 0.4) is 0 Å². The molecule has 0 bridgehead atoms. The zero-order valence-electron chi connectivity index (χ0n) is 11.0. The van der Waals surface area contributed by atoms with Gasteiger partial charge < -0.3 is 10.2 Å². The van der Waals surface area contributed by atoms with E-state index in [4.69, 9.17) is 5.11 Å². The topological polar surface area (TPSA) is 46.9 Å². The molecule has 0 aromatic heterocycles. The van der Waals surface area contributed by atoms with Crippen LogP contribution in [0, 0.1) is 5.82 Å². The van der Waals surface area contributed by atoms with E-state index in [0.29, 0.717) is 18.7 Å². The maximum absolute atomic E-state index is 13.5. The molecule has 1 heterocycles. The molecule has 2 rings (SSSR count). The van der Waals surface area contributed by atoms with Crippen LogP contribution < -0.4 is 0 Å².